The number of carbonyl (C=O) groups excluding carboxylic acids is 1. The fourth-order valence-electron chi connectivity index (χ4n) is 2.31. The average molecular weight is 436 g/mol. The van der Waals surface area contributed by atoms with E-state index in [-0.39, 0.29) is 5.97 Å². The topological polar surface area (TPSA) is 46.6 Å². The van der Waals surface area contributed by atoms with Crippen molar-refractivity contribution in [3.8, 4) is 0 Å². The van der Waals surface area contributed by atoms with Gasteiger partial charge in [-0.25, -0.2) is 13.3 Å². The summed E-state index contributed by atoms with van der Waals surface area (Å²) >= 11 is 3.35. The van der Waals surface area contributed by atoms with E-state index in [1.54, 1.807) is 11.2 Å². The minimum Gasteiger partial charge on any atom is -0.463 e. The Morgan fingerprint density at radius 1 is 1.12 bits per heavy atom. The quantitative estimate of drug-likeness (QED) is 0.670. The predicted molar refractivity (Wildman–Crippen MR) is 108 cm³/mol. The summed E-state index contributed by atoms with van der Waals surface area (Å²) in [6.45, 7) is 3.16. The van der Waals surface area contributed by atoms with Crippen molar-refractivity contribution in [3.05, 3.63) is 76.8 Å². The zero-order valence-corrected chi connectivity index (χ0v) is 17.0. The molecule has 0 bridgehead atoms. The molecule has 1 heterocycles. The van der Waals surface area contributed by atoms with E-state index in [0.717, 1.165) is 9.37 Å². The van der Waals surface area contributed by atoms with Crippen molar-refractivity contribution in [3.63, 3.8) is 0 Å². The predicted octanol–water partition coefficient (Wildman–Crippen LogP) is 4.35. The highest BCUT2D eigenvalue weighted by Gasteiger charge is 2.23. The molecule has 26 heavy (non-hydrogen) atoms. The molecule has 0 N–H and O–H groups in total. The summed E-state index contributed by atoms with van der Waals surface area (Å²) in [6, 6.07) is 19.4. The maximum atomic E-state index is 12.5. The number of hydrogen-bond acceptors (Lipinski definition) is 3. The molecular formula is C20H22BrNO3S. The van der Waals surface area contributed by atoms with Gasteiger partial charge in [0.05, 0.1) is 11.5 Å². The number of carbonyl (C=O) groups is 1. The van der Waals surface area contributed by atoms with Gasteiger partial charge in [-0.15, -0.1) is 0 Å². The lowest BCUT2D eigenvalue weighted by atomic mass is 10.1. The van der Waals surface area contributed by atoms with E-state index in [1.165, 1.54) is 0 Å². The molecule has 4 nitrogen and oxygen atoms in total. The standard InChI is InChI=1S/C14H16BrNO3S.C6H6/c1-2-19-14(17)11-4-3-9-16(10-11)20(18)13-7-5-12(15)6-8-13;1-2-4-6-5-3-1/h4-8H,2-3,9-10H2,1H3;1-6H. The molecule has 2 aromatic carbocycles. The van der Waals surface area contributed by atoms with E-state index >= 15 is 0 Å². The molecule has 1 unspecified atom stereocenters. The molecule has 0 aliphatic carbocycles. The normalized spacial score (nSPS) is 15.2. The minimum absolute atomic E-state index is 0.315. The van der Waals surface area contributed by atoms with Crippen molar-refractivity contribution in [2.45, 2.75) is 18.2 Å². The Balaban J connectivity index is 0.000000342. The second-order valence-electron chi connectivity index (χ2n) is 5.46. The van der Waals surface area contributed by atoms with E-state index in [4.69, 9.17) is 4.74 Å². The molecule has 3 rings (SSSR count). The fourth-order valence-corrected chi connectivity index (χ4v) is 3.77. The Hall–Kier alpha value is -1.76. The third-order valence-electron chi connectivity index (χ3n) is 3.57. The van der Waals surface area contributed by atoms with E-state index < -0.39 is 11.0 Å². The molecule has 1 aliphatic heterocycles. The number of esters is 1. The van der Waals surface area contributed by atoms with E-state index in [0.29, 0.717) is 31.7 Å². The maximum Gasteiger partial charge on any atom is 0.335 e. The van der Waals surface area contributed by atoms with E-state index in [1.807, 2.05) is 66.7 Å². The third-order valence-corrected chi connectivity index (χ3v) is 5.55. The van der Waals surface area contributed by atoms with Crippen LogP contribution in [0.2, 0.25) is 0 Å². The van der Waals surface area contributed by atoms with Crippen molar-refractivity contribution < 1.29 is 13.7 Å². The van der Waals surface area contributed by atoms with Gasteiger partial charge in [-0.3, -0.25) is 0 Å². The van der Waals surface area contributed by atoms with Crippen LogP contribution in [-0.4, -0.2) is 34.2 Å². The average Bonchev–Trinajstić information content (AvgIpc) is 2.70. The Labute approximate surface area is 165 Å². The van der Waals surface area contributed by atoms with Crippen LogP contribution in [0.5, 0.6) is 0 Å². The summed E-state index contributed by atoms with van der Waals surface area (Å²) in [5.41, 5.74) is 0.587. The molecule has 2 aromatic rings. The molecule has 0 spiro atoms. The largest absolute Gasteiger partial charge is 0.463 e. The summed E-state index contributed by atoms with van der Waals surface area (Å²) in [5.74, 6) is -0.315. The highest BCUT2D eigenvalue weighted by atomic mass is 79.9. The summed E-state index contributed by atoms with van der Waals surface area (Å²) in [7, 11) is -1.26. The second kappa shape index (κ2) is 11.1. The second-order valence-corrected chi connectivity index (χ2v) is 7.86. The van der Waals surface area contributed by atoms with Gasteiger partial charge in [-0.2, -0.15) is 0 Å². The lowest BCUT2D eigenvalue weighted by Gasteiger charge is -2.25. The fraction of sp³-hybridized carbons (Fsp3) is 0.250. The molecule has 138 valence electrons. The minimum atomic E-state index is -1.26. The number of ether oxygens (including phenoxy) is 1. The number of rotatable bonds is 4. The first-order valence-corrected chi connectivity index (χ1v) is 10.3. The molecule has 1 atom stereocenters. The summed E-state index contributed by atoms with van der Waals surface area (Å²) in [6.07, 6.45) is 2.57. The molecule has 0 saturated heterocycles. The van der Waals surface area contributed by atoms with Gasteiger partial charge in [0.25, 0.3) is 0 Å². The van der Waals surface area contributed by atoms with Crippen molar-refractivity contribution in [1.29, 1.82) is 0 Å². The number of hydrogen-bond donors (Lipinski definition) is 0. The van der Waals surface area contributed by atoms with Gasteiger partial charge >= 0.3 is 5.97 Å². The van der Waals surface area contributed by atoms with Crippen LogP contribution in [0.15, 0.2) is 81.7 Å². The maximum absolute atomic E-state index is 12.5. The Morgan fingerprint density at radius 3 is 2.23 bits per heavy atom. The van der Waals surface area contributed by atoms with Gasteiger partial charge in [0.2, 0.25) is 0 Å². The van der Waals surface area contributed by atoms with Crippen molar-refractivity contribution in [1.82, 2.24) is 4.31 Å². The Bertz CT molecular complexity index is 721. The number of halogens is 1. The van der Waals surface area contributed by atoms with Crippen LogP contribution >= 0.6 is 15.9 Å². The summed E-state index contributed by atoms with van der Waals surface area (Å²) in [5, 5.41) is 0. The smallest absolute Gasteiger partial charge is 0.335 e. The molecular weight excluding hydrogens is 414 g/mol. The van der Waals surface area contributed by atoms with Crippen LogP contribution in [0.25, 0.3) is 0 Å². The van der Waals surface area contributed by atoms with Gasteiger partial charge in [0, 0.05) is 23.1 Å². The highest BCUT2D eigenvalue weighted by Crippen LogP contribution is 2.19. The summed E-state index contributed by atoms with van der Waals surface area (Å²) < 4.78 is 20.2. The monoisotopic (exact) mass is 435 g/mol. The van der Waals surface area contributed by atoms with E-state index in [9.17, 15) is 9.00 Å². The summed E-state index contributed by atoms with van der Waals surface area (Å²) in [4.78, 5) is 12.5. The van der Waals surface area contributed by atoms with Gasteiger partial charge in [0.1, 0.15) is 11.0 Å². The van der Waals surface area contributed by atoms with Crippen LogP contribution in [0.4, 0.5) is 0 Å². The SMILES string of the molecule is CCOC(=O)C1=CCCN(S(=O)c2ccc(Br)cc2)C1.c1ccccc1. The number of nitrogens with zero attached hydrogens (tertiary/aromatic N) is 1. The molecule has 1 aliphatic rings. The first-order chi connectivity index (χ1) is 12.6. The van der Waals surface area contributed by atoms with Crippen LogP contribution in [0, 0.1) is 0 Å². The number of benzene rings is 2. The molecule has 6 heteroatoms. The molecule has 0 amide bonds. The lowest BCUT2D eigenvalue weighted by Crippen LogP contribution is -2.34. The van der Waals surface area contributed by atoms with Gasteiger partial charge in [-0.05, 0) is 37.6 Å². The molecule has 0 fully saturated rings. The van der Waals surface area contributed by atoms with Gasteiger partial charge < -0.3 is 4.74 Å². The first kappa shape index (κ1) is 20.6. The van der Waals surface area contributed by atoms with Crippen molar-refractivity contribution in [2.75, 3.05) is 19.7 Å². The molecule has 0 aromatic heterocycles. The van der Waals surface area contributed by atoms with Crippen molar-refractivity contribution in [2.24, 2.45) is 0 Å². The Morgan fingerprint density at radius 2 is 1.69 bits per heavy atom. The highest BCUT2D eigenvalue weighted by molar-refractivity contribution is 9.10. The van der Waals surface area contributed by atoms with Crippen LogP contribution in [-0.2, 0) is 20.5 Å². The molecule has 0 saturated carbocycles. The zero-order valence-electron chi connectivity index (χ0n) is 14.6. The third kappa shape index (κ3) is 6.52. The van der Waals surface area contributed by atoms with Crippen LogP contribution < -0.4 is 0 Å². The Kier molecular flexibility index (Phi) is 8.74. The van der Waals surface area contributed by atoms with Crippen LogP contribution in [0.3, 0.4) is 0 Å². The lowest BCUT2D eigenvalue weighted by molar-refractivity contribution is -0.138. The van der Waals surface area contributed by atoms with Crippen LogP contribution in [0.1, 0.15) is 13.3 Å². The zero-order chi connectivity index (χ0) is 18.8. The van der Waals surface area contributed by atoms with Crippen molar-refractivity contribution >= 4 is 32.9 Å². The van der Waals surface area contributed by atoms with Gasteiger partial charge in [0.15, 0.2) is 0 Å². The van der Waals surface area contributed by atoms with Gasteiger partial charge in [-0.1, -0.05) is 58.4 Å². The first-order valence-electron chi connectivity index (χ1n) is 8.40. The molecule has 0 radical (unpaired) electrons. The van der Waals surface area contributed by atoms with E-state index in [2.05, 4.69) is 15.9 Å².